The van der Waals surface area contributed by atoms with E-state index in [0.717, 1.165) is 16.9 Å². The fourth-order valence-corrected chi connectivity index (χ4v) is 5.01. The Labute approximate surface area is 192 Å². The molecule has 1 amide bonds. The molecule has 10 heteroatoms. The zero-order valence-corrected chi connectivity index (χ0v) is 18.3. The van der Waals surface area contributed by atoms with E-state index < -0.39 is 46.7 Å². The highest BCUT2D eigenvalue weighted by atomic mass is 19.4. The van der Waals surface area contributed by atoms with Crippen LogP contribution in [0.3, 0.4) is 0 Å². The second-order valence-corrected chi connectivity index (χ2v) is 9.15. The molecule has 0 radical (unpaired) electrons. The van der Waals surface area contributed by atoms with Gasteiger partial charge in [0.2, 0.25) is 0 Å². The van der Waals surface area contributed by atoms with Gasteiger partial charge in [-0.05, 0) is 42.5 Å². The quantitative estimate of drug-likeness (QED) is 0.599. The first kappa shape index (κ1) is 24.5. The van der Waals surface area contributed by atoms with Crippen LogP contribution in [0.4, 0.5) is 26.3 Å². The van der Waals surface area contributed by atoms with Gasteiger partial charge in [-0.25, -0.2) is 0 Å². The van der Waals surface area contributed by atoms with E-state index >= 15 is 0 Å². The summed E-state index contributed by atoms with van der Waals surface area (Å²) in [7, 11) is 0. The summed E-state index contributed by atoms with van der Waals surface area (Å²) < 4.78 is 79.9. The minimum absolute atomic E-state index is 0.0148. The Morgan fingerprint density at radius 1 is 0.971 bits per heavy atom. The van der Waals surface area contributed by atoms with Crippen molar-refractivity contribution in [3.8, 4) is 0 Å². The molecule has 3 atom stereocenters. The van der Waals surface area contributed by atoms with Crippen LogP contribution >= 0.6 is 0 Å². The molecule has 184 valence electrons. The fourth-order valence-electron chi connectivity index (χ4n) is 5.01. The Morgan fingerprint density at radius 2 is 1.56 bits per heavy atom. The summed E-state index contributed by atoms with van der Waals surface area (Å²) in [6.07, 6.45) is -10.1. The van der Waals surface area contributed by atoms with Crippen LogP contribution in [-0.2, 0) is 17.9 Å². The molecule has 1 unspecified atom stereocenters. The summed E-state index contributed by atoms with van der Waals surface area (Å²) in [5, 5.41) is 10.8. The maximum atomic E-state index is 13.3. The summed E-state index contributed by atoms with van der Waals surface area (Å²) in [6, 6.07) is 10.1. The number of benzene rings is 2. The third-order valence-electron chi connectivity index (χ3n) is 6.77. The lowest BCUT2D eigenvalue weighted by molar-refractivity contribution is -0.143. The Morgan fingerprint density at radius 3 is 2.12 bits per heavy atom. The van der Waals surface area contributed by atoms with Crippen molar-refractivity contribution in [3.05, 3.63) is 70.8 Å². The van der Waals surface area contributed by atoms with Crippen molar-refractivity contribution in [3.63, 3.8) is 0 Å². The number of carbonyl (C=O) groups excluding carboxylic acids is 1. The Kier molecular flexibility index (Phi) is 6.18. The van der Waals surface area contributed by atoms with Gasteiger partial charge in [-0.15, -0.1) is 0 Å². The number of amides is 1. The van der Waals surface area contributed by atoms with Gasteiger partial charge in [0.25, 0.3) is 5.91 Å². The van der Waals surface area contributed by atoms with E-state index in [9.17, 15) is 36.2 Å². The monoisotopic (exact) mass is 486 g/mol. The summed E-state index contributed by atoms with van der Waals surface area (Å²) in [4.78, 5) is 16.4. The molecule has 2 aromatic carbocycles. The third-order valence-corrected chi connectivity index (χ3v) is 6.77. The molecule has 4 nitrogen and oxygen atoms in total. The molecule has 4 rings (SSSR count). The number of piperidine rings is 1. The predicted octanol–water partition coefficient (Wildman–Crippen LogP) is 5.13. The largest absolute Gasteiger partial charge is 0.416 e. The smallest absolute Gasteiger partial charge is 0.372 e. The van der Waals surface area contributed by atoms with Crippen molar-refractivity contribution in [2.24, 2.45) is 5.92 Å². The number of halogens is 6. The van der Waals surface area contributed by atoms with E-state index in [-0.39, 0.29) is 19.2 Å². The lowest BCUT2D eigenvalue weighted by atomic mass is 9.75. The van der Waals surface area contributed by atoms with Crippen molar-refractivity contribution in [1.29, 1.82) is 0 Å². The number of fused-ring (bicyclic) bond motifs is 1. The number of aliphatic hydroxyl groups excluding tert-OH is 1. The number of carbonyl (C=O) groups is 1. The van der Waals surface area contributed by atoms with Gasteiger partial charge in [-0.3, -0.25) is 9.69 Å². The summed E-state index contributed by atoms with van der Waals surface area (Å²) >= 11 is 0. The number of piperazine rings is 1. The average Bonchev–Trinajstić information content (AvgIpc) is 2.77. The van der Waals surface area contributed by atoms with E-state index in [1.807, 2.05) is 30.3 Å². The number of nitrogens with zero attached hydrogens (tertiary/aromatic N) is 2. The SMILES string of the molecule is C[C@@H]1CC[C@]2(c3ccccc3)CN(C(=O)c3cc(C(F)(F)F)cc(C(F)(F)F)c3)C(O)CN2C1. The molecule has 2 aliphatic rings. The van der Waals surface area contributed by atoms with Gasteiger partial charge >= 0.3 is 12.4 Å². The summed E-state index contributed by atoms with van der Waals surface area (Å²) in [5.74, 6) is -0.734. The second kappa shape index (κ2) is 8.57. The van der Waals surface area contributed by atoms with Crippen molar-refractivity contribution in [1.82, 2.24) is 9.80 Å². The molecule has 0 saturated carbocycles. The lowest BCUT2D eigenvalue weighted by Crippen LogP contribution is -2.67. The highest BCUT2D eigenvalue weighted by molar-refractivity contribution is 5.95. The predicted molar refractivity (Wildman–Crippen MR) is 112 cm³/mol. The minimum Gasteiger partial charge on any atom is -0.372 e. The molecule has 0 aliphatic carbocycles. The van der Waals surface area contributed by atoms with Crippen LogP contribution in [0.1, 0.15) is 46.8 Å². The van der Waals surface area contributed by atoms with E-state index in [4.69, 9.17) is 0 Å². The highest BCUT2D eigenvalue weighted by Gasteiger charge is 2.50. The zero-order valence-electron chi connectivity index (χ0n) is 18.3. The van der Waals surface area contributed by atoms with Crippen LogP contribution in [0, 0.1) is 5.92 Å². The Hall–Kier alpha value is -2.59. The van der Waals surface area contributed by atoms with Gasteiger partial charge in [0.05, 0.1) is 16.7 Å². The normalized spacial score (nSPS) is 26.3. The highest BCUT2D eigenvalue weighted by Crippen LogP contribution is 2.43. The molecule has 0 aromatic heterocycles. The van der Waals surface area contributed by atoms with E-state index in [0.29, 0.717) is 31.0 Å². The molecule has 2 fully saturated rings. The van der Waals surface area contributed by atoms with E-state index in [1.54, 1.807) is 0 Å². The molecule has 2 saturated heterocycles. The summed E-state index contributed by atoms with van der Waals surface area (Å²) in [5.41, 5.74) is -3.71. The van der Waals surface area contributed by atoms with Gasteiger partial charge < -0.3 is 10.0 Å². The van der Waals surface area contributed by atoms with Gasteiger partial charge in [-0.2, -0.15) is 26.3 Å². The maximum absolute atomic E-state index is 13.3. The zero-order chi connectivity index (χ0) is 24.9. The number of aliphatic hydroxyl groups is 1. The first-order valence-corrected chi connectivity index (χ1v) is 10.9. The molecular formula is C24H24F6N2O2. The molecule has 0 bridgehead atoms. The molecule has 2 aromatic rings. The maximum Gasteiger partial charge on any atom is 0.416 e. The topological polar surface area (TPSA) is 43.8 Å². The molecule has 1 N–H and O–H groups in total. The van der Waals surface area contributed by atoms with Crippen LogP contribution in [0.25, 0.3) is 0 Å². The standard InChI is InChI=1S/C24H24F6N2O2/c1-15-7-8-22(17-5-3-2-4-6-17)14-32(20(33)13-31(22)12-15)21(34)16-9-18(23(25,26)27)11-19(10-16)24(28,29)30/h2-6,9-11,15,20,33H,7-8,12-14H2,1H3/t15-,20?,22-/m1/s1. The van der Waals surface area contributed by atoms with Crippen molar-refractivity contribution in [2.75, 3.05) is 19.6 Å². The van der Waals surface area contributed by atoms with Crippen LogP contribution in [0.2, 0.25) is 0 Å². The number of alkyl halides is 6. The van der Waals surface area contributed by atoms with Crippen molar-refractivity contribution < 1.29 is 36.2 Å². The number of rotatable bonds is 2. The van der Waals surface area contributed by atoms with Gasteiger partial charge in [0.1, 0.15) is 6.23 Å². The number of hydrogen-bond donors (Lipinski definition) is 1. The van der Waals surface area contributed by atoms with Gasteiger partial charge in [-0.1, -0.05) is 37.3 Å². The first-order chi connectivity index (χ1) is 15.8. The Bertz CT molecular complexity index is 1020. The molecule has 34 heavy (non-hydrogen) atoms. The summed E-state index contributed by atoms with van der Waals surface area (Å²) in [6.45, 7) is 2.70. The van der Waals surface area contributed by atoms with Crippen molar-refractivity contribution >= 4 is 5.91 Å². The molecule has 2 aliphatic heterocycles. The lowest BCUT2D eigenvalue weighted by Gasteiger charge is -2.56. The van der Waals surface area contributed by atoms with Crippen LogP contribution in [0.5, 0.6) is 0 Å². The molecule has 0 spiro atoms. The fraction of sp³-hybridized carbons (Fsp3) is 0.458. The van der Waals surface area contributed by atoms with Crippen molar-refractivity contribution in [2.45, 2.75) is 43.9 Å². The minimum atomic E-state index is -5.07. The van der Waals surface area contributed by atoms with E-state index in [2.05, 4.69) is 11.8 Å². The second-order valence-electron chi connectivity index (χ2n) is 9.15. The number of hydrogen-bond acceptors (Lipinski definition) is 3. The average molecular weight is 486 g/mol. The third kappa shape index (κ3) is 4.53. The molecule has 2 heterocycles. The van der Waals surface area contributed by atoms with Crippen LogP contribution in [0.15, 0.2) is 48.5 Å². The van der Waals surface area contributed by atoms with Crippen LogP contribution < -0.4 is 0 Å². The van der Waals surface area contributed by atoms with Crippen LogP contribution in [-0.4, -0.2) is 46.7 Å². The van der Waals surface area contributed by atoms with Gasteiger partial charge in [0, 0.05) is 25.2 Å². The Balaban J connectivity index is 1.75. The van der Waals surface area contributed by atoms with Gasteiger partial charge in [0.15, 0.2) is 0 Å². The first-order valence-electron chi connectivity index (χ1n) is 10.9. The van der Waals surface area contributed by atoms with E-state index in [1.165, 1.54) is 0 Å². The molecular weight excluding hydrogens is 462 g/mol.